The molecule has 2 aromatic carbocycles. The van der Waals surface area contributed by atoms with Crippen LogP contribution >= 0.6 is 0 Å². The molecule has 0 aliphatic heterocycles. The Kier molecular flexibility index (Phi) is 3.72. The van der Waals surface area contributed by atoms with Crippen molar-refractivity contribution in [3.05, 3.63) is 55.6 Å². The molecule has 0 heteroatoms. The van der Waals surface area contributed by atoms with Gasteiger partial charge in [-0.25, -0.2) is 0 Å². The van der Waals surface area contributed by atoms with Crippen LogP contribution in [0.15, 0.2) is 0 Å². The van der Waals surface area contributed by atoms with Gasteiger partial charge in [-0.05, 0) is 223 Å². The quantitative estimate of drug-likeness (QED) is 0.296. The van der Waals surface area contributed by atoms with Gasteiger partial charge in [-0.15, -0.1) is 0 Å². The van der Waals surface area contributed by atoms with Crippen LogP contribution in [0.2, 0.25) is 0 Å². The highest BCUT2D eigenvalue weighted by molar-refractivity contribution is 5.90. The van der Waals surface area contributed by atoms with Crippen molar-refractivity contribution in [2.24, 2.45) is 0 Å². The van der Waals surface area contributed by atoms with Crippen molar-refractivity contribution in [2.45, 2.75) is 156 Å². The molecule has 4 fully saturated rings. The topological polar surface area (TPSA) is 0 Å². The summed E-state index contributed by atoms with van der Waals surface area (Å²) in [5.41, 5.74) is 23.6. The first kappa shape index (κ1) is 20.4. The summed E-state index contributed by atoms with van der Waals surface area (Å²) in [6.07, 6.45) is 25.4. The summed E-state index contributed by atoms with van der Waals surface area (Å²) in [6.45, 7) is 0. The van der Waals surface area contributed by atoms with E-state index in [0.717, 1.165) is 47.3 Å². The van der Waals surface area contributed by atoms with Crippen LogP contribution in [-0.2, 0) is 6.42 Å². The van der Waals surface area contributed by atoms with E-state index < -0.39 is 0 Å². The third-order valence-corrected chi connectivity index (χ3v) is 14.3. The van der Waals surface area contributed by atoms with Crippen LogP contribution in [0.3, 0.4) is 0 Å². The Balaban J connectivity index is 1.30. The maximum atomic E-state index is 1.99. The second-order valence-electron chi connectivity index (χ2n) is 15.4. The smallest absolute Gasteiger partial charge is 0.000734 e. The predicted octanol–water partition coefficient (Wildman–Crippen LogP) is 10.3. The van der Waals surface area contributed by atoms with Crippen molar-refractivity contribution in [3.63, 3.8) is 0 Å². The van der Waals surface area contributed by atoms with E-state index in [1.807, 2.05) is 66.8 Å². The van der Waals surface area contributed by atoms with Gasteiger partial charge in [0.15, 0.2) is 0 Å². The van der Waals surface area contributed by atoms with E-state index in [4.69, 9.17) is 0 Å². The zero-order chi connectivity index (χ0) is 23.6. The third-order valence-electron chi connectivity index (χ3n) is 14.3. The molecule has 37 heavy (non-hydrogen) atoms. The van der Waals surface area contributed by atoms with Crippen LogP contribution in [-0.4, -0.2) is 0 Å². The Labute approximate surface area is 223 Å². The summed E-state index contributed by atoms with van der Waals surface area (Å²) < 4.78 is 0. The molecule has 0 N–H and O–H groups in total. The molecule has 0 nitrogen and oxygen atoms in total. The summed E-state index contributed by atoms with van der Waals surface area (Å²) >= 11 is 0. The van der Waals surface area contributed by atoms with Crippen LogP contribution in [0.25, 0.3) is 11.1 Å². The van der Waals surface area contributed by atoms with E-state index in [-0.39, 0.29) is 0 Å². The van der Waals surface area contributed by atoms with Crippen LogP contribution < -0.4 is 0 Å². The predicted molar refractivity (Wildman–Crippen MR) is 150 cm³/mol. The standard InChI is InChI=1S/C37H42/c1-5-20-6-2-18(1)28-26-17-27-29-19-3-7-21(8-4-19)31(29)33-23-11-15-25(16-12-23)35(33)37(27)36(26)34-24-13-9-22(10-14-24)32(34)30(20)28/h18-25H,1-17H2. The molecule has 13 aliphatic carbocycles. The van der Waals surface area contributed by atoms with Gasteiger partial charge < -0.3 is 0 Å². The highest BCUT2D eigenvalue weighted by Gasteiger charge is 2.51. The van der Waals surface area contributed by atoms with Crippen molar-refractivity contribution in [1.29, 1.82) is 0 Å². The number of hydrogen-bond acceptors (Lipinski definition) is 0. The summed E-state index contributed by atoms with van der Waals surface area (Å²) in [5, 5.41) is 0. The van der Waals surface area contributed by atoms with Crippen LogP contribution in [0.5, 0.6) is 0 Å². The molecule has 0 spiro atoms. The van der Waals surface area contributed by atoms with Gasteiger partial charge in [0.05, 0.1) is 0 Å². The van der Waals surface area contributed by atoms with E-state index in [9.17, 15) is 0 Å². The molecule has 0 unspecified atom stereocenters. The highest BCUT2D eigenvalue weighted by Crippen LogP contribution is 2.68. The first-order valence-corrected chi connectivity index (χ1v) is 16.8. The molecule has 0 aromatic heterocycles. The SMILES string of the molecule is C1c2c(c3c(c4c2C2CCC4CC2)C2CCC3CC2)-c2c1c1c(c3c2C2CCC3CC2)C2CCC1CC2. The molecule has 0 amide bonds. The summed E-state index contributed by atoms with van der Waals surface area (Å²) in [5.74, 6) is 7.20. The minimum absolute atomic E-state index is 0.884. The zero-order valence-electron chi connectivity index (χ0n) is 22.6. The Morgan fingerprint density at radius 2 is 0.459 bits per heavy atom. The first-order chi connectivity index (χ1) is 18.3. The molecule has 0 heterocycles. The van der Waals surface area contributed by atoms with E-state index in [1.165, 1.54) is 109 Å². The molecule has 0 atom stereocenters. The van der Waals surface area contributed by atoms with E-state index in [2.05, 4.69) is 0 Å². The molecule has 2 aromatic rings. The van der Waals surface area contributed by atoms with Gasteiger partial charge in [-0.3, -0.25) is 0 Å². The lowest BCUT2D eigenvalue weighted by Gasteiger charge is -2.49. The molecule has 13 aliphatic rings. The molecule has 190 valence electrons. The van der Waals surface area contributed by atoms with Gasteiger partial charge in [0.2, 0.25) is 0 Å². The molecule has 15 rings (SSSR count). The van der Waals surface area contributed by atoms with Crippen molar-refractivity contribution in [1.82, 2.24) is 0 Å². The fourth-order valence-electron chi connectivity index (χ4n) is 13.1. The zero-order valence-corrected chi connectivity index (χ0v) is 22.6. The minimum Gasteiger partial charge on any atom is -0.0458 e. The third kappa shape index (κ3) is 2.27. The van der Waals surface area contributed by atoms with Crippen molar-refractivity contribution in [2.75, 3.05) is 0 Å². The van der Waals surface area contributed by atoms with Gasteiger partial charge in [0.1, 0.15) is 0 Å². The fraction of sp³-hybridized carbons (Fsp3) is 0.676. The summed E-state index contributed by atoms with van der Waals surface area (Å²) in [6, 6.07) is 0. The molecule has 0 saturated heterocycles. The Hall–Kier alpha value is -1.56. The Morgan fingerprint density at radius 1 is 0.243 bits per heavy atom. The second kappa shape index (κ2) is 6.77. The summed E-state index contributed by atoms with van der Waals surface area (Å²) in [7, 11) is 0. The number of rotatable bonds is 0. The van der Waals surface area contributed by atoms with E-state index in [0.29, 0.717) is 0 Å². The maximum absolute atomic E-state index is 1.99. The van der Waals surface area contributed by atoms with Crippen LogP contribution in [0.4, 0.5) is 0 Å². The van der Waals surface area contributed by atoms with E-state index >= 15 is 0 Å². The Bertz CT molecular complexity index is 1280. The van der Waals surface area contributed by atoms with Gasteiger partial charge in [0, 0.05) is 0 Å². The van der Waals surface area contributed by atoms with Crippen LogP contribution in [0.1, 0.15) is 206 Å². The summed E-state index contributed by atoms with van der Waals surface area (Å²) in [4.78, 5) is 0. The lowest BCUT2D eigenvalue weighted by molar-refractivity contribution is 0.325. The van der Waals surface area contributed by atoms with Gasteiger partial charge in [0.25, 0.3) is 0 Å². The van der Waals surface area contributed by atoms with Gasteiger partial charge >= 0.3 is 0 Å². The fourth-order valence-corrected chi connectivity index (χ4v) is 13.1. The second-order valence-corrected chi connectivity index (χ2v) is 15.4. The molecule has 0 radical (unpaired) electrons. The lowest BCUT2D eigenvalue weighted by atomic mass is 9.55. The average Bonchev–Trinajstić information content (AvgIpc) is 3.40. The molecule has 8 bridgehead atoms. The molecule has 4 saturated carbocycles. The Morgan fingerprint density at radius 3 is 0.757 bits per heavy atom. The van der Waals surface area contributed by atoms with Crippen molar-refractivity contribution < 1.29 is 0 Å². The molecular formula is C37H42. The van der Waals surface area contributed by atoms with Crippen molar-refractivity contribution in [3.8, 4) is 11.1 Å². The first-order valence-electron chi connectivity index (χ1n) is 16.8. The van der Waals surface area contributed by atoms with E-state index in [1.54, 1.807) is 0 Å². The van der Waals surface area contributed by atoms with Crippen molar-refractivity contribution >= 4 is 0 Å². The monoisotopic (exact) mass is 486 g/mol. The maximum Gasteiger partial charge on any atom is -0.000734 e. The van der Waals surface area contributed by atoms with Crippen LogP contribution in [0, 0.1) is 0 Å². The minimum atomic E-state index is 0.884. The average molecular weight is 487 g/mol. The number of hydrogen-bond donors (Lipinski definition) is 0. The lowest BCUT2D eigenvalue weighted by Crippen LogP contribution is -2.32. The number of benzene rings is 2. The number of fused-ring (bicyclic) bond motifs is 11. The molecular weight excluding hydrogens is 444 g/mol. The van der Waals surface area contributed by atoms with Gasteiger partial charge in [-0.2, -0.15) is 0 Å². The largest absolute Gasteiger partial charge is 0.0458 e. The normalized spacial score (nSPS) is 40.2. The van der Waals surface area contributed by atoms with Gasteiger partial charge in [-0.1, -0.05) is 0 Å². The highest BCUT2D eigenvalue weighted by atomic mass is 14.5.